The third kappa shape index (κ3) is 1.50. The standard InChI is InChI=1S/C11H8N4O2/c16-15(17)9-5-6-12-10(9)11-13-7-3-1-2-4-8(7)14-11/h1-5H,6H2,(H,13,14). The molecule has 0 amide bonds. The van der Waals surface area contributed by atoms with Gasteiger partial charge in [-0.3, -0.25) is 15.1 Å². The van der Waals surface area contributed by atoms with Crippen molar-refractivity contribution in [2.24, 2.45) is 4.99 Å². The Balaban J connectivity index is 2.11. The summed E-state index contributed by atoms with van der Waals surface area (Å²) in [5, 5.41) is 10.8. The number of hydrogen-bond acceptors (Lipinski definition) is 4. The molecule has 0 aliphatic carbocycles. The molecular formula is C11H8N4O2. The fourth-order valence-electron chi connectivity index (χ4n) is 1.82. The Bertz CT molecular complexity index is 636. The highest BCUT2D eigenvalue weighted by atomic mass is 16.6. The van der Waals surface area contributed by atoms with Crippen molar-refractivity contribution < 1.29 is 4.92 Å². The van der Waals surface area contributed by atoms with E-state index in [1.54, 1.807) is 0 Å². The van der Waals surface area contributed by atoms with Gasteiger partial charge in [-0.1, -0.05) is 12.1 Å². The maximum absolute atomic E-state index is 10.8. The Morgan fingerprint density at radius 1 is 1.35 bits per heavy atom. The molecule has 3 rings (SSSR count). The number of nitro groups is 1. The van der Waals surface area contributed by atoms with Crippen LogP contribution in [-0.2, 0) is 0 Å². The van der Waals surface area contributed by atoms with E-state index in [0.717, 1.165) is 11.0 Å². The average molecular weight is 228 g/mol. The van der Waals surface area contributed by atoms with Gasteiger partial charge in [0.15, 0.2) is 11.5 Å². The van der Waals surface area contributed by atoms with Crippen LogP contribution in [0, 0.1) is 10.1 Å². The molecule has 1 aromatic carbocycles. The third-order valence-corrected chi connectivity index (χ3v) is 2.59. The van der Waals surface area contributed by atoms with E-state index < -0.39 is 4.92 Å². The minimum atomic E-state index is -0.432. The summed E-state index contributed by atoms with van der Waals surface area (Å²) >= 11 is 0. The van der Waals surface area contributed by atoms with Gasteiger partial charge in [-0.2, -0.15) is 0 Å². The number of nitrogens with zero attached hydrogens (tertiary/aromatic N) is 3. The van der Waals surface area contributed by atoms with E-state index in [4.69, 9.17) is 0 Å². The summed E-state index contributed by atoms with van der Waals surface area (Å²) in [6.45, 7) is 0.336. The van der Waals surface area contributed by atoms with Crippen LogP contribution in [0.15, 0.2) is 41.0 Å². The molecule has 0 bridgehead atoms. The molecule has 1 aliphatic rings. The summed E-state index contributed by atoms with van der Waals surface area (Å²) < 4.78 is 0. The van der Waals surface area contributed by atoms with E-state index in [1.807, 2.05) is 24.3 Å². The number of aromatic amines is 1. The number of para-hydroxylation sites is 2. The molecule has 1 aliphatic heterocycles. The number of aromatic nitrogens is 2. The van der Waals surface area contributed by atoms with Gasteiger partial charge < -0.3 is 4.98 Å². The van der Waals surface area contributed by atoms with Crippen LogP contribution in [0.2, 0.25) is 0 Å². The van der Waals surface area contributed by atoms with Crippen molar-refractivity contribution in [2.45, 2.75) is 0 Å². The molecule has 0 fully saturated rings. The maximum atomic E-state index is 10.8. The van der Waals surface area contributed by atoms with E-state index in [9.17, 15) is 10.1 Å². The molecule has 1 aromatic heterocycles. The Hall–Kier alpha value is -2.50. The number of fused-ring (bicyclic) bond motifs is 1. The first kappa shape index (κ1) is 9.71. The smallest absolute Gasteiger partial charge is 0.296 e. The minimum absolute atomic E-state index is 0.0176. The van der Waals surface area contributed by atoms with Crippen molar-refractivity contribution in [2.75, 3.05) is 6.54 Å². The zero-order valence-electron chi connectivity index (χ0n) is 8.75. The van der Waals surface area contributed by atoms with Crippen LogP contribution in [0.3, 0.4) is 0 Å². The van der Waals surface area contributed by atoms with Crippen LogP contribution in [0.1, 0.15) is 5.82 Å². The monoisotopic (exact) mass is 228 g/mol. The van der Waals surface area contributed by atoms with Crippen LogP contribution in [0.5, 0.6) is 0 Å². The second-order valence-electron chi connectivity index (χ2n) is 3.64. The van der Waals surface area contributed by atoms with Gasteiger partial charge in [0, 0.05) is 6.08 Å². The van der Waals surface area contributed by atoms with E-state index in [-0.39, 0.29) is 5.70 Å². The maximum Gasteiger partial charge on any atom is 0.296 e. The van der Waals surface area contributed by atoms with Gasteiger partial charge >= 0.3 is 0 Å². The summed E-state index contributed by atoms with van der Waals surface area (Å²) in [7, 11) is 0. The normalized spacial score (nSPS) is 14.8. The lowest BCUT2D eigenvalue weighted by atomic mass is 10.3. The molecule has 1 N–H and O–H groups in total. The summed E-state index contributed by atoms with van der Waals surface area (Å²) in [6.07, 6.45) is 1.49. The molecule has 0 saturated carbocycles. The van der Waals surface area contributed by atoms with Crippen LogP contribution >= 0.6 is 0 Å². The first-order valence-electron chi connectivity index (χ1n) is 5.10. The predicted molar refractivity (Wildman–Crippen MR) is 62.6 cm³/mol. The topological polar surface area (TPSA) is 84.2 Å². The molecule has 2 aromatic rings. The summed E-state index contributed by atoms with van der Waals surface area (Å²) in [4.78, 5) is 21.8. The number of aliphatic imine (C=N–C) groups is 1. The Kier molecular flexibility index (Phi) is 2.01. The lowest BCUT2D eigenvalue weighted by molar-refractivity contribution is -0.414. The van der Waals surface area contributed by atoms with Crippen molar-refractivity contribution in [3.63, 3.8) is 0 Å². The summed E-state index contributed by atoms with van der Waals surface area (Å²) in [5.41, 5.74) is 1.97. The fraction of sp³-hybridized carbons (Fsp3) is 0.0909. The second-order valence-corrected chi connectivity index (χ2v) is 3.64. The highest BCUT2D eigenvalue weighted by Gasteiger charge is 2.26. The molecule has 0 spiro atoms. The van der Waals surface area contributed by atoms with Gasteiger partial charge in [0.1, 0.15) is 0 Å². The van der Waals surface area contributed by atoms with Crippen molar-refractivity contribution in [3.8, 4) is 0 Å². The number of hydrogen-bond donors (Lipinski definition) is 1. The van der Waals surface area contributed by atoms with Crippen molar-refractivity contribution in [3.05, 3.63) is 52.0 Å². The number of H-pyrrole nitrogens is 1. The molecule has 0 radical (unpaired) electrons. The Morgan fingerprint density at radius 3 is 2.94 bits per heavy atom. The zero-order chi connectivity index (χ0) is 11.8. The van der Waals surface area contributed by atoms with Gasteiger partial charge in [0.2, 0.25) is 0 Å². The molecule has 6 heteroatoms. The van der Waals surface area contributed by atoms with Crippen molar-refractivity contribution in [1.82, 2.24) is 9.97 Å². The van der Waals surface area contributed by atoms with Crippen LogP contribution in [0.25, 0.3) is 11.0 Å². The molecule has 0 unspecified atom stereocenters. The molecule has 6 nitrogen and oxygen atoms in total. The van der Waals surface area contributed by atoms with Gasteiger partial charge in [-0.25, -0.2) is 4.98 Å². The predicted octanol–water partition coefficient (Wildman–Crippen LogP) is 1.53. The SMILES string of the molecule is O=[N+]([O-])C1=CCN=C1c1nc2ccccc2[nH]1. The van der Waals surface area contributed by atoms with Crippen molar-refractivity contribution >= 4 is 16.7 Å². The molecule has 84 valence electrons. The molecule has 2 heterocycles. The fourth-order valence-corrected chi connectivity index (χ4v) is 1.82. The van der Waals surface area contributed by atoms with Crippen LogP contribution in [0.4, 0.5) is 0 Å². The molecule has 0 saturated heterocycles. The molecule has 0 atom stereocenters. The molecule has 17 heavy (non-hydrogen) atoms. The number of allylic oxidation sites excluding steroid dienone is 1. The summed E-state index contributed by atoms with van der Waals surface area (Å²) in [6, 6.07) is 7.47. The van der Waals surface area contributed by atoms with Gasteiger partial charge in [-0.15, -0.1) is 0 Å². The lowest BCUT2D eigenvalue weighted by Gasteiger charge is -1.94. The van der Waals surface area contributed by atoms with Crippen LogP contribution < -0.4 is 0 Å². The van der Waals surface area contributed by atoms with Gasteiger partial charge in [-0.05, 0) is 12.1 Å². The highest BCUT2D eigenvalue weighted by Crippen LogP contribution is 2.17. The van der Waals surface area contributed by atoms with Gasteiger partial charge in [0.05, 0.1) is 22.5 Å². The van der Waals surface area contributed by atoms with E-state index in [2.05, 4.69) is 15.0 Å². The number of rotatable bonds is 2. The lowest BCUT2D eigenvalue weighted by Crippen LogP contribution is -2.11. The third-order valence-electron chi connectivity index (χ3n) is 2.59. The van der Waals surface area contributed by atoms with E-state index >= 15 is 0 Å². The zero-order valence-corrected chi connectivity index (χ0v) is 8.75. The number of benzene rings is 1. The average Bonchev–Trinajstić information content (AvgIpc) is 2.95. The Labute approximate surface area is 95.9 Å². The largest absolute Gasteiger partial charge is 0.336 e. The second kappa shape index (κ2) is 3.51. The molecular weight excluding hydrogens is 220 g/mol. The quantitative estimate of drug-likeness (QED) is 0.624. The Morgan fingerprint density at radius 2 is 2.18 bits per heavy atom. The first-order valence-corrected chi connectivity index (χ1v) is 5.10. The van der Waals surface area contributed by atoms with E-state index in [0.29, 0.717) is 18.1 Å². The van der Waals surface area contributed by atoms with Gasteiger partial charge in [0.25, 0.3) is 5.70 Å². The van der Waals surface area contributed by atoms with Crippen LogP contribution in [-0.4, -0.2) is 27.1 Å². The number of imidazole rings is 1. The summed E-state index contributed by atoms with van der Waals surface area (Å²) in [5.74, 6) is 0.451. The van der Waals surface area contributed by atoms with E-state index in [1.165, 1.54) is 6.08 Å². The minimum Gasteiger partial charge on any atom is -0.336 e. The first-order chi connectivity index (χ1) is 8.25. The highest BCUT2D eigenvalue weighted by molar-refractivity contribution is 6.11. The number of nitrogens with one attached hydrogen (secondary N) is 1. The van der Waals surface area contributed by atoms with Crippen molar-refractivity contribution in [1.29, 1.82) is 0 Å².